The molecule has 2 aromatic heterocycles. The van der Waals surface area contributed by atoms with Crippen molar-refractivity contribution in [2.24, 2.45) is 0 Å². The van der Waals surface area contributed by atoms with Gasteiger partial charge in [0.2, 0.25) is 15.4 Å². The predicted octanol–water partition coefficient (Wildman–Crippen LogP) is 1.86. The Morgan fingerprint density at radius 3 is 2.59 bits per heavy atom. The normalized spacial score (nSPS) is 11.5. The Kier molecular flexibility index (Phi) is 5.63. The van der Waals surface area contributed by atoms with E-state index in [0.717, 1.165) is 28.4 Å². The summed E-state index contributed by atoms with van der Waals surface area (Å²) in [4.78, 5) is 15.5. The zero-order chi connectivity index (χ0) is 19.4. The van der Waals surface area contributed by atoms with Crippen LogP contribution in [0, 0.1) is 6.92 Å². The van der Waals surface area contributed by atoms with E-state index in [9.17, 15) is 13.2 Å². The largest absolute Gasteiger partial charge is 0.304 e. The van der Waals surface area contributed by atoms with Crippen LogP contribution in [0.5, 0.6) is 0 Å². The van der Waals surface area contributed by atoms with Crippen LogP contribution in [-0.4, -0.2) is 34.1 Å². The molecule has 0 fully saturated rings. The molecule has 0 saturated heterocycles. The van der Waals surface area contributed by atoms with Crippen molar-refractivity contribution in [2.45, 2.75) is 31.2 Å². The Hall–Kier alpha value is -2.63. The van der Waals surface area contributed by atoms with Crippen molar-refractivity contribution in [1.29, 1.82) is 0 Å². The van der Waals surface area contributed by atoms with Gasteiger partial charge < -0.3 is 9.88 Å². The second-order valence-electron chi connectivity index (χ2n) is 5.61. The highest BCUT2D eigenvalue weighted by Gasteiger charge is 2.20. The van der Waals surface area contributed by atoms with Crippen molar-refractivity contribution in [1.82, 2.24) is 24.5 Å². The molecule has 0 aliphatic rings. The standard InChI is InChI=1S/C16H18N6O3S2/c1-3-14(23)19-15-20-21-16(26-15)27(24,25)18-10-12-4-6-13(7-5-12)22-9-8-17-11(22)2/h4-9,18H,3,10H2,1-2H3,(H,19,20,23). The number of amides is 1. The van der Waals surface area contributed by atoms with E-state index in [4.69, 9.17) is 0 Å². The minimum atomic E-state index is -3.81. The number of nitrogens with zero attached hydrogens (tertiary/aromatic N) is 4. The van der Waals surface area contributed by atoms with Crippen molar-refractivity contribution < 1.29 is 13.2 Å². The molecule has 0 unspecified atom stereocenters. The summed E-state index contributed by atoms with van der Waals surface area (Å²) in [5.41, 5.74) is 1.74. The summed E-state index contributed by atoms with van der Waals surface area (Å²) in [6.45, 7) is 3.71. The summed E-state index contributed by atoms with van der Waals surface area (Å²) in [6.07, 6.45) is 3.85. The first-order valence-corrected chi connectivity index (χ1v) is 10.4. The fourth-order valence-electron chi connectivity index (χ4n) is 2.24. The molecule has 11 heteroatoms. The lowest BCUT2D eigenvalue weighted by molar-refractivity contribution is -0.115. The van der Waals surface area contributed by atoms with Crippen molar-refractivity contribution in [3.8, 4) is 5.69 Å². The third-order valence-electron chi connectivity index (χ3n) is 3.71. The first-order valence-electron chi connectivity index (χ1n) is 8.11. The first kappa shape index (κ1) is 19.1. The van der Waals surface area contributed by atoms with E-state index < -0.39 is 10.0 Å². The molecule has 3 rings (SSSR count). The molecular formula is C16H18N6O3S2. The second-order valence-corrected chi connectivity index (χ2v) is 8.53. The molecule has 0 bridgehead atoms. The first-order chi connectivity index (χ1) is 12.9. The highest BCUT2D eigenvalue weighted by Crippen LogP contribution is 2.20. The Morgan fingerprint density at radius 1 is 1.22 bits per heavy atom. The Balaban J connectivity index is 1.65. The summed E-state index contributed by atoms with van der Waals surface area (Å²) >= 11 is 0.806. The SMILES string of the molecule is CCC(=O)Nc1nnc(S(=O)(=O)NCc2ccc(-n3ccnc3C)cc2)s1. The zero-order valence-electron chi connectivity index (χ0n) is 14.7. The number of rotatable bonds is 7. The maximum absolute atomic E-state index is 12.3. The van der Waals surface area contributed by atoms with Crippen LogP contribution in [-0.2, 0) is 21.4 Å². The Morgan fingerprint density at radius 2 is 1.96 bits per heavy atom. The number of hydrogen-bond donors (Lipinski definition) is 2. The molecule has 0 atom stereocenters. The lowest BCUT2D eigenvalue weighted by Crippen LogP contribution is -2.23. The number of imidazole rings is 1. The van der Waals surface area contributed by atoms with Crippen LogP contribution in [0.25, 0.3) is 5.69 Å². The number of benzene rings is 1. The van der Waals surface area contributed by atoms with Crippen LogP contribution in [0.4, 0.5) is 5.13 Å². The zero-order valence-corrected chi connectivity index (χ0v) is 16.3. The molecule has 1 amide bonds. The minimum absolute atomic E-state index is 0.113. The van der Waals surface area contributed by atoms with Gasteiger partial charge in [-0.25, -0.2) is 18.1 Å². The number of sulfonamides is 1. The van der Waals surface area contributed by atoms with E-state index in [2.05, 4.69) is 25.2 Å². The van der Waals surface area contributed by atoms with Gasteiger partial charge in [-0.3, -0.25) is 4.79 Å². The highest BCUT2D eigenvalue weighted by molar-refractivity contribution is 7.91. The topological polar surface area (TPSA) is 119 Å². The number of nitrogens with one attached hydrogen (secondary N) is 2. The van der Waals surface area contributed by atoms with Gasteiger partial charge in [-0.15, -0.1) is 10.2 Å². The number of aryl methyl sites for hydroxylation is 1. The molecule has 2 N–H and O–H groups in total. The molecule has 2 heterocycles. The van der Waals surface area contributed by atoms with E-state index in [-0.39, 0.29) is 28.3 Å². The van der Waals surface area contributed by atoms with Gasteiger partial charge in [-0.2, -0.15) is 0 Å². The fourth-order valence-corrected chi connectivity index (χ4v) is 4.22. The van der Waals surface area contributed by atoms with Gasteiger partial charge in [0.15, 0.2) is 0 Å². The molecule has 0 spiro atoms. The van der Waals surface area contributed by atoms with E-state index in [1.54, 1.807) is 13.1 Å². The summed E-state index contributed by atoms with van der Waals surface area (Å²) in [6, 6.07) is 7.46. The third kappa shape index (κ3) is 4.56. The van der Waals surface area contributed by atoms with Gasteiger partial charge in [0.05, 0.1) is 0 Å². The summed E-state index contributed by atoms with van der Waals surface area (Å²) in [7, 11) is -3.81. The second kappa shape index (κ2) is 7.94. The van der Waals surface area contributed by atoms with Crippen LogP contribution in [0.15, 0.2) is 41.0 Å². The van der Waals surface area contributed by atoms with Crippen LogP contribution < -0.4 is 10.0 Å². The molecule has 0 aliphatic heterocycles. The molecule has 3 aromatic rings. The van der Waals surface area contributed by atoms with E-state index in [1.807, 2.05) is 42.0 Å². The monoisotopic (exact) mass is 406 g/mol. The average Bonchev–Trinajstić information content (AvgIpc) is 3.30. The molecule has 0 radical (unpaired) electrons. The van der Waals surface area contributed by atoms with Crippen LogP contribution in [0.3, 0.4) is 0 Å². The van der Waals surface area contributed by atoms with E-state index in [0.29, 0.717) is 0 Å². The van der Waals surface area contributed by atoms with Crippen LogP contribution in [0.2, 0.25) is 0 Å². The number of aromatic nitrogens is 4. The van der Waals surface area contributed by atoms with Gasteiger partial charge in [0.1, 0.15) is 5.82 Å². The lowest BCUT2D eigenvalue weighted by Gasteiger charge is -2.07. The van der Waals surface area contributed by atoms with E-state index >= 15 is 0 Å². The van der Waals surface area contributed by atoms with Gasteiger partial charge >= 0.3 is 0 Å². The predicted molar refractivity (Wildman–Crippen MR) is 101 cm³/mol. The lowest BCUT2D eigenvalue weighted by atomic mass is 10.2. The van der Waals surface area contributed by atoms with Crippen molar-refractivity contribution in [3.05, 3.63) is 48.0 Å². The van der Waals surface area contributed by atoms with Crippen molar-refractivity contribution in [3.63, 3.8) is 0 Å². The average molecular weight is 406 g/mol. The van der Waals surface area contributed by atoms with Gasteiger partial charge in [0, 0.05) is 31.0 Å². The van der Waals surface area contributed by atoms with Crippen LogP contribution >= 0.6 is 11.3 Å². The summed E-state index contributed by atoms with van der Waals surface area (Å²) in [5.74, 6) is 0.613. The number of carbonyl (C=O) groups is 1. The van der Waals surface area contributed by atoms with Gasteiger partial charge in [-0.05, 0) is 24.6 Å². The maximum atomic E-state index is 12.3. The van der Waals surface area contributed by atoms with Crippen molar-refractivity contribution >= 4 is 32.4 Å². The van der Waals surface area contributed by atoms with Crippen LogP contribution in [0.1, 0.15) is 24.7 Å². The Bertz CT molecular complexity index is 1040. The third-order valence-corrected chi connectivity index (χ3v) is 6.32. The number of hydrogen-bond acceptors (Lipinski definition) is 7. The molecule has 9 nitrogen and oxygen atoms in total. The van der Waals surface area contributed by atoms with Gasteiger partial charge in [0.25, 0.3) is 10.0 Å². The summed E-state index contributed by atoms with van der Waals surface area (Å²) in [5, 5.41) is 9.96. The van der Waals surface area contributed by atoms with E-state index in [1.165, 1.54) is 0 Å². The molecule has 27 heavy (non-hydrogen) atoms. The Labute approximate surface area is 160 Å². The molecule has 142 valence electrons. The maximum Gasteiger partial charge on any atom is 0.270 e. The quantitative estimate of drug-likeness (QED) is 0.578. The molecule has 0 saturated carbocycles. The number of anilines is 1. The molecule has 0 aliphatic carbocycles. The molecular weight excluding hydrogens is 388 g/mol. The number of carbonyl (C=O) groups excluding carboxylic acids is 1. The highest BCUT2D eigenvalue weighted by atomic mass is 32.2. The smallest absolute Gasteiger partial charge is 0.270 e. The fraction of sp³-hybridized carbons (Fsp3) is 0.250. The van der Waals surface area contributed by atoms with Crippen molar-refractivity contribution in [2.75, 3.05) is 5.32 Å². The molecule has 1 aromatic carbocycles. The van der Waals surface area contributed by atoms with Gasteiger partial charge in [-0.1, -0.05) is 30.4 Å². The summed E-state index contributed by atoms with van der Waals surface area (Å²) < 4.78 is 28.9. The minimum Gasteiger partial charge on any atom is -0.304 e.